The summed E-state index contributed by atoms with van der Waals surface area (Å²) in [7, 11) is 1.65. The first-order chi connectivity index (χ1) is 11.2. The molecule has 4 heteroatoms. The van der Waals surface area contributed by atoms with E-state index in [1.807, 2.05) is 49.4 Å². The molecule has 0 spiro atoms. The Balaban J connectivity index is 2.07. The summed E-state index contributed by atoms with van der Waals surface area (Å²) in [6.45, 7) is 2.24. The van der Waals surface area contributed by atoms with Gasteiger partial charge >= 0.3 is 5.97 Å². The lowest BCUT2D eigenvalue weighted by Gasteiger charge is -2.20. The quantitative estimate of drug-likeness (QED) is 0.742. The van der Waals surface area contributed by atoms with Gasteiger partial charge in [0.15, 0.2) is 0 Å². The van der Waals surface area contributed by atoms with E-state index in [2.05, 4.69) is 17.4 Å². The highest BCUT2D eigenvalue weighted by molar-refractivity contribution is 5.69. The zero-order chi connectivity index (χ0) is 16.5. The molecule has 0 amide bonds. The van der Waals surface area contributed by atoms with E-state index < -0.39 is 0 Å². The van der Waals surface area contributed by atoms with Crippen molar-refractivity contribution >= 4 is 11.7 Å². The van der Waals surface area contributed by atoms with E-state index in [4.69, 9.17) is 9.47 Å². The predicted octanol–water partition coefficient (Wildman–Crippen LogP) is 4.19. The van der Waals surface area contributed by atoms with Crippen LogP contribution in [-0.2, 0) is 9.53 Å². The van der Waals surface area contributed by atoms with Gasteiger partial charge in [-0.3, -0.25) is 4.79 Å². The van der Waals surface area contributed by atoms with Crippen molar-refractivity contribution in [2.45, 2.75) is 25.8 Å². The molecule has 2 aromatic carbocycles. The molecule has 2 aromatic rings. The summed E-state index contributed by atoms with van der Waals surface area (Å²) >= 11 is 0. The second kappa shape index (κ2) is 8.83. The van der Waals surface area contributed by atoms with Gasteiger partial charge in [0.25, 0.3) is 0 Å². The molecule has 1 N–H and O–H groups in total. The topological polar surface area (TPSA) is 47.6 Å². The Morgan fingerprint density at radius 2 is 1.78 bits per heavy atom. The average molecular weight is 313 g/mol. The Morgan fingerprint density at radius 3 is 2.39 bits per heavy atom. The Morgan fingerprint density at radius 1 is 1.09 bits per heavy atom. The molecule has 0 radical (unpaired) electrons. The highest BCUT2D eigenvalue weighted by atomic mass is 16.5. The van der Waals surface area contributed by atoms with E-state index in [0.717, 1.165) is 17.0 Å². The van der Waals surface area contributed by atoms with Crippen LogP contribution in [0, 0.1) is 0 Å². The number of nitrogens with one attached hydrogen (secondary N) is 1. The van der Waals surface area contributed by atoms with Crippen LogP contribution < -0.4 is 10.1 Å². The molecular formula is C19H23NO3. The Bertz CT molecular complexity index is 596. The monoisotopic (exact) mass is 313 g/mol. The molecule has 122 valence electrons. The fourth-order valence-corrected chi connectivity index (χ4v) is 2.39. The first-order valence-electron chi connectivity index (χ1n) is 7.84. The molecule has 0 heterocycles. The minimum atomic E-state index is -0.162. The number of hydrogen-bond acceptors (Lipinski definition) is 4. The van der Waals surface area contributed by atoms with Crippen molar-refractivity contribution in [3.05, 3.63) is 60.2 Å². The fraction of sp³-hybridized carbons (Fsp3) is 0.316. The normalized spacial score (nSPS) is 11.6. The highest BCUT2D eigenvalue weighted by Gasteiger charge is 2.14. The third kappa shape index (κ3) is 5.33. The maximum atomic E-state index is 11.6. The lowest BCUT2D eigenvalue weighted by Crippen LogP contribution is -2.14. The first kappa shape index (κ1) is 16.9. The lowest BCUT2D eigenvalue weighted by molar-refractivity contribution is -0.143. The van der Waals surface area contributed by atoms with Crippen LogP contribution in [0.2, 0.25) is 0 Å². The second-order valence-corrected chi connectivity index (χ2v) is 5.18. The van der Waals surface area contributed by atoms with Gasteiger partial charge in [-0.25, -0.2) is 0 Å². The SMILES string of the molecule is CCOC(=O)CCC(Nc1ccc(OC)cc1)c1ccccc1. The minimum absolute atomic E-state index is 0.0500. The minimum Gasteiger partial charge on any atom is -0.497 e. The summed E-state index contributed by atoms with van der Waals surface area (Å²) in [5.41, 5.74) is 2.14. The maximum Gasteiger partial charge on any atom is 0.305 e. The highest BCUT2D eigenvalue weighted by Crippen LogP contribution is 2.25. The number of carbonyl (C=O) groups excluding carboxylic acids is 1. The number of anilines is 1. The summed E-state index contributed by atoms with van der Waals surface area (Å²) in [5.74, 6) is 0.656. The molecule has 0 bridgehead atoms. The van der Waals surface area contributed by atoms with Crippen LogP contribution in [0.25, 0.3) is 0 Å². The summed E-state index contributed by atoms with van der Waals surface area (Å²) in [5, 5.41) is 3.48. The number of carbonyl (C=O) groups is 1. The Labute approximate surface area is 137 Å². The zero-order valence-electron chi connectivity index (χ0n) is 13.6. The van der Waals surface area contributed by atoms with E-state index in [1.165, 1.54) is 0 Å². The van der Waals surface area contributed by atoms with Crippen LogP contribution in [0.1, 0.15) is 31.4 Å². The van der Waals surface area contributed by atoms with Gasteiger partial charge in [0.1, 0.15) is 5.75 Å². The van der Waals surface area contributed by atoms with E-state index in [9.17, 15) is 4.79 Å². The smallest absolute Gasteiger partial charge is 0.305 e. The third-order valence-electron chi connectivity index (χ3n) is 3.58. The molecule has 0 aliphatic rings. The molecule has 0 aliphatic carbocycles. The number of esters is 1. The summed E-state index contributed by atoms with van der Waals surface area (Å²) in [4.78, 5) is 11.6. The van der Waals surface area contributed by atoms with Crippen molar-refractivity contribution in [1.82, 2.24) is 0 Å². The van der Waals surface area contributed by atoms with Crippen LogP contribution >= 0.6 is 0 Å². The summed E-state index contributed by atoms with van der Waals surface area (Å²) < 4.78 is 10.2. The van der Waals surface area contributed by atoms with E-state index in [0.29, 0.717) is 19.4 Å². The second-order valence-electron chi connectivity index (χ2n) is 5.18. The van der Waals surface area contributed by atoms with Crippen LogP contribution in [0.5, 0.6) is 5.75 Å². The number of ether oxygens (including phenoxy) is 2. The van der Waals surface area contributed by atoms with Gasteiger partial charge in [-0.15, -0.1) is 0 Å². The standard InChI is InChI=1S/C19H23NO3/c1-3-23-19(21)14-13-18(15-7-5-4-6-8-15)20-16-9-11-17(22-2)12-10-16/h4-12,18,20H,3,13-14H2,1-2H3. The zero-order valence-corrected chi connectivity index (χ0v) is 13.6. The first-order valence-corrected chi connectivity index (χ1v) is 7.84. The summed E-state index contributed by atoms with van der Waals surface area (Å²) in [6.07, 6.45) is 1.06. The molecule has 1 atom stereocenters. The van der Waals surface area contributed by atoms with E-state index in [1.54, 1.807) is 7.11 Å². The molecule has 4 nitrogen and oxygen atoms in total. The van der Waals surface area contributed by atoms with Crippen LogP contribution in [0.3, 0.4) is 0 Å². The molecule has 2 rings (SSSR count). The van der Waals surface area contributed by atoms with E-state index >= 15 is 0 Å². The molecule has 0 aliphatic heterocycles. The Hall–Kier alpha value is -2.49. The molecule has 0 saturated heterocycles. The average Bonchev–Trinajstić information content (AvgIpc) is 2.60. The van der Waals surface area contributed by atoms with Crippen molar-refractivity contribution < 1.29 is 14.3 Å². The van der Waals surface area contributed by atoms with Crippen molar-refractivity contribution in [3.8, 4) is 5.75 Å². The molecule has 23 heavy (non-hydrogen) atoms. The number of methoxy groups -OCH3 is 1. The molecular weight excluding hydrogens is 290 g/mol. The molecule has 0 saturated carbocycles. The summed E-state index contributed by atoms with van der Waals surface area (Å²) in [6, 6.07) is 17.9. The van der Waals surface area contributed by atoms with Crippen LogP contribution in [-0.4, -0.2) is 19.7 Å². The van der Waals surface area contributed by atoms with Gasteiger partial charge in [0.2, 0.25) is 0 Å². The molecule has 0 aromatic heterocycles. The third-order valence-corrected chi connectivity index (χ3v) is 3.58. The predicted molar refractivity (Wildman–Crippen MR) is 91.7 cm³/mol. The van der Waals surface area contributed by atoms with Crippen molar-refractivity contribution in [3.63, 3.8) is 0 Å². The largest absolute Gasteiger partial charge is 0.497 e. The lowest BCUT2D eigenvalue weighted by atomic mass is 10.0. The van der Waals surface area contributed by atoms with E-state index in [-0.39, 0.29) is 12.0 Å². The van der Waals surface area contributed by atoms with Gasteiger partial charge in [-0.2, -0.15) is 0 Å². The van der Waals surface area contributed by atoms with Crippen molar-refractivity contribution in [2.24, 2.45) is 0 Å². The van der Waals surface area contributed by atoms with Gasteiger partial charge in [0, 0.05) is 12.1 Å². The molecule has 0 fully saturated rings. The van der Waals surface area contributed by atoms with Crippen LogP contribution in [0.4, 0.5) is 5.69 Å². The number of hydrogen-bond donors (Lipinski definition) is 1. The van der Waals surface area contributed by atoms with Crippen LogP contribution in [0.15, 0.2) is 54.6 Å². The maximum absolute atomic E-state index is 11.6. The van der Waals surface area contributed by atoms with Crippen molar-refractivity contribution in [1.29, 1.82) is 0 Å². The van der Waals surface area contributed by atoms with Gasteiger partial charge in [-0.05, 0) is 43.2 Å². The number of benzene rings is 2. The number of rotatable bonds is 8. The van der Waals surface area contributed by atoms with Gasteiger partial charge in [0.05, 0.1) is 19.8 Å². The van der Waals surface area contributed by atoms with Crippen molar-refractivity contribution in [2.75, 3.05) is 19.0 Å². The fourth-order valence-electron chi connectivity index (χ4n) is 2.39. The van der Waals surface area contributed by atoms with Gasteiger partial charge in [-0.1, -0.05) is 30.3 Å². The van der Waals surface area contributed by atoms with Gasteiger partial charge < -0.3 is 14.8 Å². The molecule has 1 unspecified atom stereocenters. The Kier molecular flexibility index (Phi) is 6.48.